The van der Waals surface area contributed by atoms with E-state index in [9.17, 15) is 0 Å². The van der Waals surface area contributed by atoms with E-state index in [-0.39, 0.29) is 0 Å². The van der Waals surface area contributed by atoms with Gasteiger partial charge in [-0.2, -0.15) is 24.4 Å². The number of furan rings is 1. The predicted octanol–water partition coefficient (Wildman–Crippen LogP) is 3.47. The first-order chi connectivity index (χ1) is 6.36. The van der Waals surface area contributed by atoms with Gasteiger partial charge in [-0.1, -0.05) is 13.3 Å². The van der Waals surface area contributed by atoms with Gasteiger partial charge in [0.2, 0.25) is 0 Å². The molecular formula is C10H16OS2. The van der Waals surface area contributed by atoms with Crippen molar-refractivity contribution < 1.29 is 4.42 Å². The molecular weight excluding hydrogens is 200 g/mol. The van der Waals surface area contributed by atoms with Crippen LogP contribution in [-0.4, -0.2) is 11.5 Å². The van der Waals surface area contributed by atoms with Crippen molar-refractivity contribution in [2.24, 2.45) is 5.92 Å². The third-order valence-corrected chi connectivity index (χ3v) is 3.73. The molecule has 0 bridgehead atoms. The minimum absolute atomic E-state index is 0.739. The number of thioether (sulfide) groups is 1. The van der Waals surface area contributed by atoms with E-state index in [0.29, 0.717) is 0 Å². The summed E-state index contributed by atoms with van der Waals surface area (Å²) in [6.07, 6.45) is 2.94. The van der Waals surface area contributed by atoms with Crippen molar-refractivity contribution in [1.82, 2.24) is 0 Å². The van der Waals surface area contributed by atoms with Crippen LogP contribution in [-0.2, 0) is 5.75 Å². The summed E-state index contributed by atoms with van der Waals surface area (Å²) in [5.74, 6) is 4.96. The fourth-order valence-electron chi connectivity index (χ4n) is 1.02. The van der Waals surface area contributed by atoms with E-state index in [1.807, 2.05) is 23.9 Å². The molecule has 13 heavy (non-hydrogen) atoms. The molecule has 0 aliphatic rings. The molecule has 0 aliphatic carbocycles. The Hall–Kier alpha value is -0.0200. The number of hydrogen-bond acceptors (Lipinski definition) is 3. The van der Waals surface area contributed by atoms with Crippen molar-refractivity contribution in [3.63, 3.8) is 0 Å². The summed E-state index contributed by atoms with van der Waals surface area (Å²) in [6.45, 7) is 2.22. The third kappa shape index (κ3) is 4.14. The van der Waals surface area contributed by atoms with E-state index < -0.39 is 0 Å². The monoisotopic (exact) mass is 216 g/mol. The van der Waals surface area contributed by atoms with Crippen molar-refractivity contribution >= 4 is 24.4 Å². The summed E-state index contributed by atoms with van der Waals surface area (Å²) in [5, 5.41) is 0. The van der Waals surface area contributed by atoms with Crippen LogP contribution in [0, 0.1) is 5.92 Å². The fourth-order valence-corrected chi connectivity index (χ4v) is 2.75. The molecule has 74 valence electrons. The predicted molar refractivity (Wildman–Crippen MR) is 62.5 cm³/mol. The highest BCUT2D eigenvalue weighted by Gasteiger charge is 2.04. The number of hydrogen-bond donors (Lipinski definition) is 1. The molecule has 0 amide bonds. The molecule has 1 aromatic heterocycles. The van der Waals surface area contributed by atoms with Gasteiger partial charge in [0, 0.05) is 0 Å². The second-order valence-electron chi connectivity index (χ2n) is 3.05. The molecule has 0 saturated heterocycles. The molecule has 1 nitrogen and oxygen atoms in total. The van der Waals surface area contributed by atoms with Crippen molar-refractivity contribution in [3.05, 3.63) is 24.2 Å². The second-order valence-corrected chi connectivity index (χ2v) is 4.45. The van der Waals surface area contributed by atoms with Crippen LogP contribution in [0.3, 0.4) is 0 Å². The van der Waals surface area contributed by atoms with Crippen LogP contribution in [0.2, 0.25) is 0 Å². The van der Waals surface area contributed by atoms with Gasteiger partial charge in [-0.3, -0.25) is 0 Å². The average molecular weight is 216 g/mol. The van der Waals surface area contributed by atoms with Crippen LogP contribution in [0.1, 0.15) is 19.1 Å². The summed E-state index contributed by atoms with van der Waals surface area (Å²) in [4.78, 5) is 0. The largest absolute Gasteiger partial charge is 0.468 e. The van der Waals surface area contributed by atoms with Gasteiger partial charge < -0.3 is 4.42 Å². The lowest BCUT2D eigenvalue weighted by Crippen LogP contribution is -2.03. The van der Waals surface area contributed by atoms with Gasteiger partial charge in [0.05, 0.1) is 12.0 Å². The molecule has 0 radical (unpaired) electrons. The van der Waals surface area contributed by atoms with E-state index >= 15 is 0 Å². The van der Waals surface area contributed by atoms with Crippen LogP contribution >= 0.6 is 24.4 Å². The summed E-state index contributed by atoms with van der Waals surface area (Å²) >= 11 is 6.23. The molecule has 0 aliphatic heterocycles. The summed E-state index contributed by atoms with van der Waals surface area (Å²) < 4.78 is 5.24. The van der Waals surface area contributed by atoms with E-state index in [2.05, 4.69) is 19.6 Å². The lowest BCUT2D eigenvalue weighted by molar-refractivity contribution is 0.530. The smallest absolute Gasteiger partial charge is 0.113 e. The summed E-state index contributed by atoms with van der Waals surface area (Å²) in [5.41, 5.74) is 0. The highest BCUT2D eigenvalue weighted by molar-refractivity contribution is 7.98. The van der Waals surface area contributed by atoms with Crippen LogP contribution < -0.4 is 0 Å². The minimum Gasteiger partial charge on any atom is -0.468 e. The molecule has 1 unspecified atom stereocenters. The van der Waals surface area contributed by atoms with Gasteiger partial charge in [-0.25, -0.2) is 0 Å². The molecule has 0 spiro atoms. The highest BCUT2D eigenvalue weighted by Crippen LogP contribution is 2.18. The summed E-state index contributed by atoms with van der Waals surface area (Å²) in [6, 6.07) is 3.96. The Morgan fingerprint density at radius 2 is 2.46 bits per heavy atom. The van der Waals surface area contributed by atoms with Crippen molar-refractivity contribution in [2.75, 3.05) is 11.5 Å². The Labute approximate surface area is 89.7 Å². The lowest BCUT2D eigenvalue weighted by atomic mass is 10.2. The molecule has 1 atom stereocenters. The standard InChI is InChI=1S/C10H16OS2/c1-2-9(6-12)7-13-8-10-4-3-5-11-10/h3-5,9,12H,2,6-8H2,1H3. The average Bonchev–Trinajstić information content (AvgIpc) is 2.65. The fraction of sp³-hybridized carbons (Fsp3) is 0.600. The van der Waals surface area contributed by atoms with Gasteiger partial charge in [-0.15, -0.1) is 0 Å². The van der Waals surface area contributed by atoms with Crippen molar-refractivity contribution in [2.45, 2.75) is 19.1 Å². The molecule has 0 fully saturated rings. The van der Waals surface area contributed by atoms with E-state index in [0.717, 1.165) is 23.2 Å². The normalized spacial score (nSPS) is 13.1. The molecule has 0 aromatic carbocycles. The Morgan fingerprint density at radius 3 is 3.00 bits per heavy atom. The maximum absolute atomic E-state index is 5.24. The zero-order valence-corrected chi connectivity index (χ0v) is 9.61. The van der Waals surface area contributed by atoms with Gasteiger partial charge >= 0.3 is 0 Å². The zero-order valence-electron chi connectivity index (χ0n) is 7.90. The highest BCUT2D eigenvalue weighted by atomic mass is 32.2. The first-order valence-electron chi connectivity index (χ1n) is 4.57. The molecule has 1 rings (SSSR count). The van der Waals surface area contributed by atoms with E-state index in [4.69, 9.17) is 4.42 Å². The number of thiol groups is 1. The first kappa shape index (κ1) is 11.1. The summed E-state index contributed by atoms with van der Waals surface area (Å²) in [7, 11) is 0. The van der Waals surface area contributed by atoms with Gasteiger partial charge in [0.15, 0.2) is 0 Å². The minimum atomic E-state index is 0.739. The molecule has 0 saturated carbocycles. The van der Waals surface area contributed by atoms with Crippen LogP contribution in [0.5, 0.6) is 0 Å². The van der Waals surface area contributed by atoms with Crippen LogP contribution in [0.4, 0.5) is 0 Å². The van der Waals surface area contributed by atoms with Crippen molar-refractivity contribution in [3.8, 4) is 0 Å². The second kappa shape index (κ2) is 6.44. The van der Waals surface area contributed by atoms with Gasteiger partial charge in [0.25, 0.3) is 0 Å². The van der Waals surface area contributed by atoms with Crippen LogP contribution in [0.15, 0.2) is 22.8 Å². The lowest BCUT2D eigenvalue weighted by Gasteiger charge is -2.09. The first-order valence-corrected chi connectivity index (χ1v) is 6.36. The third-order valence-electron chi connectivity index (χ3n) is 2.01. The van der Waals surface area contributed by atoms with Crippen molar-refractivity contribution in [1.29, 1.82) is 0 Å². The Morgan fingerprint density at radius 1 is 1.62 bits per heavy atom. The molecule has 0 N–H and O–H groups in total. The molecule has 3 heteroatoms. The maximum atomic E-state index is 5.24. The van der Waals surface area contributed by atoms with Gasteiger partial charge in [0.1, 0.15) is 5.76 Å². The number of rotatable bonds is 6. The van der Waals surface area contributed by atoms with E-state index in [1.165, 1.54) is 12.2 Å². The van der Waals surface area contributed by atoms with Gasteiger partial charge in [-0.05, 0) is 29.6 Å². The Balaban J connectivity index is 2.13. The SMILES string of the molecule is CCC(CS)CSCc1ccco1. The topological polar surface area (TPSA) is 13.1 Å². The Kier molecular flexibility index (Phi) is 5.47. The quantitative estimate of drug-likeness (QED) is 0.731. The maximum Gasteiger partial charge on any atom is 0.113 e. The molecule has 1 heterocycles. The zero-order chi connectivity index (χ0) is 9.52. The van der Waals surface area contributed by atoms with Crippen LogP contribution in [0.25, 0.3) is 0 Å². The molecule has 1 aromatic rings. The van der Waals surface area contributed by atoms with E-state index in [1.54, 1.807) is 6.26 Å². The Bertz CT molecular complexity index is 205.